The van der Waals surface area contributed by atoms with Gasteiger partial charge in [-0.2, -0.15) is 0 Å². The van der Waals surface area contributed by atoms with Gasteiger partial charge in [0.15, 0.2) is 5.78 Å². The van der Waals surface area contributed by atoms with E-state index >= 15 is 0 Å². The third-order valence-corrected chi connectivity index (χ3v) is 3.38. The second-order valence-corrected chi connectivity index (χ2v) is 6.27. The second kappa shape index (κ2) is 6.57. The van der Waals surface area contributed by atoms with Gasteiger partial charge in [-0.05, 0) is 29.7 Å². The van der Waals surface area contributed by atoms with E-state index in [0.717, 1.165) is 12.2 Å². The van der Waals surface area contributed by atoms with Gasteiger partial charge in [0.1, 0.15) is 12.4 Å². The van der Waals surface area contributed by atoms with Crippen molar-refractivity contribution in [3.63, 3.8) is 0 Å². The number of carbonyl (C=O) groups excluding carboxylic acids is 1. The number of ketones is 1. The van der Waals surface area contributed by atoms with Crippen molar-refractivity contribution in [3.8, 4) is 5.75 Å². The fourth-order valence-corrected chi connectivity index (χ4v) is 1.90. The van der Waals surface area contributed by atoms with Crippen molar-refractivity contribution in [1.29, 1.82) is 0 Å². The zero-order valence-corrected chi connectivity index (χ0v) is 12.9. The SMILES string of the molecule is CC(C)(C)C(=O)COc1ccc(Cc2ccccc2)cc1. The van der Waals surface area contributed by atoms with Gasteiger partial charge >= 0.3 is 0 Å². The smallest absolute Gasteiger partial charge is 0.175 e. The van der Waals surface area contributed by atoms with Crippen LogP contribution in [0.5, 0.6) is 5.75 Å². The van der Waals surface area contributed by atoms with Crippen LogP contribution in [0.2, 0.25) is 0 Å². The van der Waals surface area contributed by atoms with Crippen LogP contribution in [0.4, 0.5) is 0 Å². The molecule has 21 heavy (non-hydrogen) atoms. The van der Waals surface area contributed by atoms with E-state index in [9.17, 15) is 4.79 Å². The first kappa shape index (κ1) is 15.3. The average Bonchev–Trinajstić information content (AvgIpc) is 2.46. The Morgan fingerprint density at radius 3 is 2.05 bits per heavy atom. The number of ether oxygens (including phenoxy) is 1. The van der Waals surface area contributed by atoms with E-state index < -0.39 is 0 Å². The zero-order chi connectivity index (χ0) is 15.3. The lowest BCUT2D eigenvalue weighted by molar-refractivity contribution is -0.128. The first-order chi connectivity index (χ1) is 9.95. The van der Waals surface area contributed by atoms with E-state index in [0.29, 0.717) is 0 Å². The number of Topliss-reactive ketones (excluding diaryl/α,β-unsaturated/α-hetero) is 1. The molecule has 0 unspecified atom stereocenters. The number of hydrogen-bond acceptors (Lipinski definition) is 2. The Labute approximate surface area is 126 Å². The van der Waals surface area contributed by atoms with Crippen LogP contribution in [0.15, 0.2) is 54.6 Å². The van der Waals surface area contributed by atoms with Gasteiger partial charge < -0.3 is 4.74 Å². The summed E-state index contributed by atoms with van der Waals surface area (Å²) < 4.78 is 5.55. The molecule has 0 bridgehead atoms. The maximum absolute atomic E-state index is 11.8. The van der Waals surface area contributed by atoms with E-state index in [-0.39, 0.29) is 17.8 Å². The highest BCUT2D eigenvalue weighted by molar-refractivity contribution is 5.85. The molecule has 110 valence electrons. The molecule has 2 heteroatoms. The molecule has 0 N–H and O–H groups in total. The number of rotatable bonds is 5. The van der Waals surface area contributed by atoms with Gasteiger partial charge in [0.2, 0.25) is 0 Å². The molecule has 0 saturated carbocycles. The molecule has 2 aromatic rings. The minimum Gasteiger partial charge on any atom is -0.486 e. The highest BCUT2D eigenvalue weighted by Gasteiger charge is 2.21. The van der Waals surface area contributed by atoms with Crippen LogP contribution in [-0.2, 0) is 11.2 Å². The lowest BCUT2D eigenvalue weighted by atomic mass is 9.91. The molecule has 0 aliphatic rings. The summed E-state index contributed by atoms with van der Waals surface area (Å²) in [4.78, 5) is 11.8. The molecule has 0 saturated heterocycles. The highest BCUT2D eigenvalue weighted by Crippen LogP contribution is 2.18. The summed E-state index contributed by atoms with van der Waals surface area (Å²) in [6, 6.07) is 18.3. The molecule has 0 amide bonds. The quantitative estimate of drug-likeness (QED) is 0.818. The Morgan fingerprint density at radius 2 is 1.48 bits per heavy atom. The van der Waals surface area contributed by atoms with Gasteiger partial charge in [0.25, 0.3) is 0 Å². The van der Waals surface area contributed by atoms with Crippen LogP contribution < -0.4 is 4.74 Å². The monoisotopic (exact) mass is 282 g/mol. The summed E-state index contributed by atoms with van der Waals surface area (Å²) in [5.41, 5.74) is 2.16. The third kappa shape index (κ3) is 4.75. The van der Waals surface area contributed by atoms with Crippen molar-refractivity contribution < 1.29 is 9.53 Å². The molecule has 0 aliphatic carbocycles. The Morgan fingerprint density at radius 1 is 0.905 bits per heavy atom. The van der Waals surface area contributed by atoms with E-state index in [1.165, 1.54) is 11.1 Å². The molecule has 0 heterocycles. The lowest BCUT2D eigenvalue weighted by Gasteiger charge is -2.16. The maximum Gasteiger partial charge on any atom is 0.175 e. The molecule has 0 atom stereocenters. The maximum atomic E-state index is 11.8. The molecule has 2 nitrogen and oxygen atoms in total. The first-order valence-electron chi connectivity index (χ1n) is 7.24. The fourth-order valence-electron chi connectivity index (χ4n) is 1.90. The van der Waals surface area contributed by atoms with E-state index in [1.807, 2.05) is 63.2 Å². The normalized spacial score (nSPS) is 11.2. The summed E-state index contributed by atoms with van der Waals surface area (Å²) in [5.74, 6) is 0.847. The zero-order valence-electron chi connectivity index (χ0n) is 12.9. The number of benzene rings is 2. The minimum absolute atomic E-state index is 0.107. The molecule has 0 aromatic heterocycles. The summed E-state index contributed by atoms with van der Waals surface area (Å²) in [6.07, 6.45) is 0.905. The second-order valence-electron chi connectivity index (χ2n) is 6.27. The molecule has 0 spiro atoms. The number of carbonyl (C=O) groups is 1. The predicted octanol–water partition coefficient (Wildman–Crippen LogP) is 4.27. The van der Waals surface area contributed by atoms with Gasteiger partial charge in [-0.15, -0.1) is 0 Å². The summed E-state index contributed by atoms with van der Waals surface area (Å²) in [6.45, 7) is 5.84. The minimum atomic E-state index is -0.354. The first-order valence-corrected chi connectivity index (χ1v) is 7.24. The standard InChI is InChI=1S/C19H22O2/c1-19(2,3)18(20)14-21-17-11-9-16(10-12-17)13-15-7-5-4-6-8-15/h4-12H,13-14H2,1-3H3. The third-order valence-electron chi connectivity index (χ3n) is 3.38. The Bertz CT molecular complexity index is 577. The van der Waals surface area contributed by atoms with Crippen molar-refractivity contribution in [1.82, 2.24) is 0 Å². The largest absolute Gasteiger partial charge is 0.486 e. The molecular weight excluding hydrogens is 260 g/mol. The number of hydrogen-bond donors (Lipinski definition) is 0. The van der Waals surface area contributed by atoms with Crippen LogP contribution in [0.25, 0.3) is 0 Å². The van der Waals surface area contributed by atoms with Crippen LogP contribution >= 0.6 is 0 Å². The van der Waals surface area contributed by atoms with Gasteiger partial charge in [-0.1, -0.05) is 63.2 Å². The van der Waals surface area contributed by atoms with E-state index in [4.69, 9.17) is 4.74 Å². The van der Waals surface area contributed by atoms with Crippen LogP contribution in [0, 0.1) is 5.41 Å². The summed E-state index contributed by atoms with van der Waals surface area (Å²) in [7, 11) is 0. The molecule has 0 fully saturated rings. The van der Waals surface area contributed by atoms with Crippen LogP contribution in [-0.4, -0.2) is 12.4 Å². The molecule has 2 aromatic carbocycles. The summed E-state index contributed by atoms with van der Waals surface area (Å²) in [5, 5.41) is 0. The average molecular weight is 282 g/mol. The van der Waals surface area contributed by atoms with Gasteiger partial charge in [0, 0.05) is 5.41 Å². The Hall–Kier alpha value is -2.09. The molecular formula is C19H22O2. The van der Waals surface area contributed by atoms with Crippen LogP contribution in [0.3, 0.4) is 0 Å². The van der Waals surface area contributed by atoms with Crippen molar-refractivity contribution in [2.24, 2.45) is 5.41 Å². The van der Waals surface area contributed by atoms with Crippen molar-refractivity contribution >= 4 is 5.78 Å². The topological polar surface area (TPSA) is 26.3 Å². The van der Waals surface area contributed by atoms with Crippen LogP contribution in [0.1, 0.15) is 31.9 Å². The fraction of sp³-hybridized carbons (Fsp3) is 0.316. The van der Waals surface area contributed by atoms with Gasteiger partial charge in [-0.25, -0.2) is 0 Å². The van der Waals surface area contributed by atoms with E-state index in [1.54, 1.807) is 0 Å². The highest BCUT2D eigenvalue weighted by atomic mass is 16.5. The molecule has 2 rings (SSSR count). The molecule has 0 aliphatic heterocycles. The predicted molar refractivity (Wildman–Crippen MR) is 85.6 cm³/mol. The van der Waals surface area contributed by atoms with Crippen molar-refractivity contribution in [2.45, 2.75) is 27.2 Å². The molecule has 0 radical (unpaired) electrons. The van der Waals surface area contributed by atoms with Gasteiger partial charge in [0.05, 0.1) is 0 Å². The summed E-state index contributed by atoms with van der Waals surface area (Å²) >= 11 is 0. The van der Waals surface area contributed by atoms with Gasteiger partial charge in [-0.3, -0.25) is 4.79 Å². The Kier molecular flexibility index (Phi) is 4.79. The van der Waals surface area contributed by atoms with Crippen molar-refractivity contribution in [2.75, 3.05) is 6.61 Å². The Balaban J connectivity index is 1.92. The van der Waals surface area contributed by atoms with E-state index in [2.05, 4.69) is 12.1 Å². The van der Waals surface area contributed by atoms with Crippen molar-refractivity contribution in [3.05, 3.63) is 65.7 Å². The lowest BCUT2D eigenvalue weighted by Crippen LogP contribution is -2.26.